The van der Waals surface area contributed by atoms with E-state index >= 15 is 0 Å². The fourth-order valence-corrected chi connectivity index (χ4v) is 4.05. The molecule has 0 atom stereocenters. The van der Waals surface area contributed by atoms with Gasteiger partial charge in [-0.15, -0.1) is 23.1 Å². The van der Waals surface area contributed by atoms with Crippen LogP contribution in [0.1, 0.15) is 23.3 Å². The highest BCUT2D eigenvalue weighted by atomic mass is 32.2. The van der Waals surface area contributed by atoms with Gasteiger partial charge in [-0.2, -0.15) is 0 Å². The number of thioether (sulfide) groups is 1. The van der Waals surface area contributed by atoms with Crippen molar-refractivity contribution < 1.29 is 14.3 Å². The second-order valence-corrected chi connectivity index (χ2v) is 7.20. The van der Waals surface area contributed by atoms with Gasteiger partial charge in [0.15, 0.2) is 0 Å². The van der Waals surface area contributed by atoms with Crippen molar-refractivity contribution in [3.63, 3.8) is 0 Å². The Morgan fingerprint density at radius 3 is 2.83 bits per heavy atom. The molecule has 0 bridgehead atoms. The zero-order valence-corrected chi connectivity index (χ0v) is 15.0. The number of aryl methyl sites for hydroxylation is 2. The van der Waals surface area contributed by atoms with E-state index in [1.165, 1.54) is 17.6 Å². The fourth-order valence-electron chi connectivity index (χ4n) is 1.99. The van der Waals surface area contributed by atoms with Gasteiger partial charge >= 0.3 is 5.97 Å². The molecule has 2 aromatic rings. The van der Waals surface area contributed by atoms with E-state index in [0.717, 1.165) is 15.2 Å². The molecule has 0 saturated carbocycles. The van der Waals surface area contributed by atoms with Gasteiger partial charge in [0.25, 0.3) is 0 Å². The highest BCUT2D eigenvalue weighted by molar-refractivity contribution is 7.99. The Kier molecular flexibility index (Phi) is 6.35. The minimum Gasteiger partial charge on any atom is -0.469 e. The van der Waals surface area contributed by atoms with Gasteiger partial charge in [0.1, 0.15) is 16.2 Å². The minimum absolute atomic E-state index is 0.0788. The maximum atomic E-state index is 11.7. The summed E-state index contributed by atoms with van der Waals surface area (Å²) in [7, 11) is 1.33. The number of fused-ring (bicyclic) bond motifs is 1. The van der Waals surface area contributed by atoms with E-state index in [1.54, 1.807) is 29.4 Å². The number of methoxy groups -OCH3 is 1. The van der Waals surface area contributed by atoms with Gasteiger partial charge in [0.2, 0.25) is 5.91 Å². The molecule has 2 heterocycles. The van der Waals surface area contributed by atoms with Gasteiger partial charge in [-0.1, -0.05) is 0 Å². The van der Waals surface area contributed by atoms with Gasteiger partial charge in [-0.25, -0.2) is 9.97 Å². The van der Waals surface area contributed by atoms with Gasteiger partial charge in [0, 0.05) is 29.0 Å². The molecular formula is C15H19N3O3S2. The maximum Gasteiger partial charge on any atom is 0.307 e. The summed E-state index contributed by atoms with van der Waals surface area (Å²) in [6.45, 7) is 4.45. The SMILES string of the molecule is COC(=O)CCNC(=O)CCSc1ncnc2sc(C)c(C)c12. The third-order valence-electron chi connectivity index (χ3n) is 3.38. The third kappa shape index (κ3) is 4.65. The first-order valence-corrected chi connectivity index (χ1v) is 9.00. The van der Waals surface area contributed by atoms with E-state index in [0.29, 0.717) is 18.7 Å². The van der Waals surface area contributed by atoms with Crippen molar-refractivity contribution in [1.29, 1.82) is 0 Å². The van der Waals surface area contributed by atoms with Crippen molar-refractivity contribution in [1.82, 2.24) is 15.3 Å². The van der Waals surface area contributed by atoms with Crippen molar-refractivity contribution in [2.45, 2.75) is 31.7 Å². The fraction of sp³-hybridized carbons (Fsp3) is 0.467. The number of amides is 1. The van der Waals surface area contributed by atoms with Crippen LogP contribution in [-0.4, -0.2) is 41.3 Å². The number of carbonyl (C=O) groups is 2. The lowest BCUT2D eigenvalue weighted by molar-refractivity contribution is -0.140. The highest BCUT2D eigenvalue weighted by Crippen LogP contribution is 2.34. The van der Waals surface area contributed by atoms with Crippen molar-refractivity contribution in [3.05, 3.63) is 16.8 Å². The standard InChI is InChI=1S/C15H19N3O3S2/c1-9-10(2)23-15-13(9)14(17-8-18-15)22-7-5-11(19)16-6-4-12(20)21-3/h8H,4-7H2,1-3H3,(H,16,19). The summed E-state index contributed by atoms with van der Waals surface area (Å²) in [5.74, 6) is 0.223. The van der Waals surface area contributed by atoms with E-state index in [4.69, 9.17) is 0 Å². The second kappa shape index (κ2) is 8.26. The molecule has 1 N–H and O–H groups in total. The van der Waals surface area contributed by atoms with Crippen LogP contribution in [0.15, 0.2) is 11.4 Å². The average Bonchev–Trinajstić information content (AvgIpc) is 2.82. The molecule has 8 heteroatoms. The lowest BCUT2D eigenvalue weighted by Crippen LogP contribution is -2.26. The summed E-state index contributed by atoms with van der Waals surface area (Å²) < 4.78 is 4.52. The number of hydrogen-bond donors (Lipinski definition) is 1. The molecule has 0 aliphatic carbocycles. The summed E-state index contributed by atoms with van der Waals surface area (Å²) in [4.78, 5) is 33.6. The van der Waals surface area contributed by atoms with Gasteiger partial charge in [-0.3, -0.25) is 9.59 Å². The predicted molar refractivity (Wildman–Crippen MR) is 91.9 cm³/mol. The zero-order chi connectivity index (χ0) is 16.8. The number of nitrogens with zero attached hydrogens (tertiary/aromatic N) is 2. The highest BCUT2D eigenvalue weighted by Gasteiger charge is 2.12. The van der Waals surface area contributed by atoms with Crippen LogP contribution in [0.5, 0.6) is 0 Å². The molecule has 0 saturated heterocycles. The quantitative estimate of drug-likeness (QED) is 0.468. The predicted octanol–water partition coefficient (Wildman–Crippen LogP) is 2.47. The molecule has 0 radical (unpaired) electrons. The Labute approximate surface area is 143 Å². The molecule has 2 aromatic heterocycles. The molecule has 0 aliphatic heterocycles. The van der Waals surface area contributed by atoms with Crippen LogP contribution in [0.25, 0.3) is 10.2 Å². The first kappa shape index (κ1) is 17.7. The first-order valence-electron chi connectivity index (χ1n) is 7.20. The Bertz CT molecular complexity index is 715. The van der Waals surface area contributed by atoms with E-state index in [2.05, 4.69) is 33.9 Å². The van der Waals surface area contributed by atoms with Crippen LogP contribution < -0.4 is 5.32 Å². The van der Waals surface area contributed by atoms with Crippen LogP contribution in [0, 0.1) is 13.8 Å². The number of thiophene rings is 1. The number of nitrogens with one attached hydrogen (secondary N) is 1. The summed E-state index contributed by atoms with van der Waals surface area (Å²) in [6.07, 6.45) is 2.13. The van der Waals surface area contributed by atoms with E-state index in [-0.39, 0.29) is 18.3 Å². The minimum atomic E-state index is -0.327. The summed E-state index contributed by atoms with van der Waals surface area (Å²) in [5.41, 5.74) is 1.20. The molecule has 0 aliphatic rings. The van der Waals surface area contributed by atoms with Crippen molar-refractivity contribution >= 4 is 45.2 Å². The van der Waals surface area contributed by atoms with E-state index in [1.807, 2.05) is 0 Å². The Morgan fingerprint density at radius 2 is 2.09 bits per heavy atom. The molecule has 6 nitrogen and oxygen atoms in total. The van der Waals surface area contributed by atoms with Crippen LogP contribution in [0.4, 0.5) is 0 Å². The Hall–Kier alpha value is -1.67. The third-order valence-corrected chi connectivity index (χ3v) is 5.48. The number of aromatic nitrogens is 2. The molecule has 124 valence electrons. The number of hydrogen-bond acceptors (Lipinski definition) is 7. The molecule has 2 rings (SSSR count). The van der Waals surface area contributed by atoms with Crippen LogP contribution in [0.3, 0.4) is 0 Å². The number of carbonyl (C=O) groups excluding carboxylic acids is 2. The number of ether oxygens (including phenoxy) is 1. The zero-order valence-electron chi connectivity index (χ0n) is 13.3. The molecule has 1 amide bonds. The van der Waals surface area contributed by atoms with Crippen LogP contribution >= 0.6 is 23.1 Å². The van der Waals surface area contributed by atoms with Gasteiger partial charge in [0.05, 0.1) is 13.5 Å². The molecule has 0 fully saturated rings. The lowest BCUT2D eigenvalue weighted by Gasteiger charge is -2.05. The molecular weight excluding hydrogens is 334 g/mol. The van der Waals surface area contributed by atoms with Gasteiger partial charge < -0.3 is 10.1 Å². The normalized spacial score (nSPS) is 10.7. The van der Waals surface area contributed by atoms with Crippen LogP contribution in [-0.2, 0) is 14.3 Å². The van der Waals surface area contributed by atoms with E-state index in [9.17, 15) is 9.59 Å². The van der Waals surface area contributed by atoms with Gasteiger partial charge in [-0.05, 0) is 19.4 Å². The molecule has 23 heavy (non-hydrogen) atoms. The lowest BCUT2D eigenvalue weighted by atomic mass is 10.2. The first-order chi connectivity index (χ1) is 11.0. The van der Waals surface area contributed by atoms with E-state index < -0.39 is 0 Å². The second-order valence-electron chi connectivity index (χ2n) is 4.92. The smallest absolute Gasteiger partial charge is 0.307 e. The largest absolute Gasteiger partial charge is 0.469 e. The van der Waals surface area contributed by atoms with Crippen molar-refractivity contribution in [2.24, 2.45) is 0 Å². The summed E-state index contributed by atoms with van der Waals surface area (Å²) >= 11 is 3.21. The van der Waals surface area contributed by atoms with Crippen LogP contribution in [0.2, 0.25) is 0 Å². The molecule has 0 aromatic carbocycles. The maximum absolute atomic E-state index is 11.7. The monoisotopic (exact) mass is 353 g/mol. The summed E-state index contributed by atoms with van der Waals surface area (Å²) in [6, 6.07) is 0. The molecule has 0 spiro atoms. The number of rotatable bonds is 7. The number of esters is 1. The molecule has 0 unspecified atom stereocenters. The Morgan fingerprint density at radius 1 is 1.30 bits per heavy atom. The average molecular weight is 353 g/mol. The summed E-state index contributed by atoms with van der Waals surface area (Å²) in [5, 5.41) is 4.71. The Balaban J connectivity index is 1.85. The topological polar surface area (TPSA) is 81.2 Å². The van der Waals surface area contributed by atoms with Crippen molar-refractivity contribution in [2.75, 3.05) is 19.4 Å². The van der Waals surface area contributed by atoms with Crippen molar-refractivity contribution in [3.8, 4) is 0 Å².